The van der Waals surface area contributed by atoms with Crippen molar-refractivity contribution in [2.75, 3.05) is 0 Å². The van der Waals surface area contributed by atoms with Crippen molar-refractivity contribution >= 4 is 19.4 Å². The van der Waals surface area contributed by atoms with Gasteiger partial charge in [0.2, 0.25) is 0 Å². The summed E-state index contributed by atoms with van der Waals surface area (Å²) >= 11 is 0.181. The van der Waals surface area contributed by atoms with Crippen molar-refractivity contribution in [2.24, 2.45) is 0 Å². The molecule has 0 aromatic heterocycles. The Morgan fingerprint density at radius 3 is 2.20 bits per heavy atom. The summed E-state index contributed by atoms with van der Waals surface area (Å²) in [5, 5.41) is 19.7. The average Bonchev–Trinajstić information content (AvgIpc) is 2.25. The van der Waals surface area contributed by atoms with Crippen molar-refractivity contribution in [1.29, 1.82) is 0 Å². The predicted octanol–water partition coefficient (Wildman–Crippen LogP) is 0.710. The van der Waals surface area contributed by atoms with Gasteiger partial charge in [0.1, 0.15) is 0 Å². The molecule has 2 rings (SSSR count). The van der Waals surface area contributed by atoms with Crippen LogP contribution in [0.25, 0.3) is 0 Å². The molecule has 15 heavy (non-hydrogen) atoms. The van der Waals surface area contributed by atoms with Gasteiger partial charge in [0.25, 0.3) is 0 Å². The van der Waals surface area contributed by atoms with Crippen molar-refractivity contribution in [3.8, 4) is 0 Å². The van der Waals surface area contributed by atoms with E-state index in [0.29, 0.717) is 0 Å². The molecule has 1 fully saturated rings. The molecule has 2 N–H and O–H groups in total. The van der Waals surface area contributed by atoms with Crippen molar-refractivity contribution < 1.29 is 10.2 Å². The van der Waals surface area contributed by atoms with E-state index in [9.17, 15) is 10.2 Å². The van der Waals surface area contributed by atoms with Crippen LogP contribution < -0.4 is 4.46 Å². The van der Waals surface area contributed by atoms with Crippen LogP contribution in [0.5, 0.6) is 0 Å². The molecule has 1 unspecified atom stereocenters. The van der Waals surface area contributed by atoms with E-state index in [4.69, 9.17) is 0 Å². The fourth-order valence-electron chi connectivity index (χ4n) is 1.93. The summed E-state index contributed by atoms with van der Waals surface area (Å²) in [5.41, 5.74) is 0. The van der Waals surface area contributed by atoms with Crippen molar-refractivity contribution in [1.82, 2.24) is 0 Å². The third-order valence-corrected chi connectivity index (χ3v) is 5.80. The topological polar surface area (TPSA) is 40.5 Å². The first kappa shape index (κ1) is 11.2. The number of rotatable bonds is 2. The molecule has 2 nitrogen and oxygen atoms in total. The summed E-state index contributed by atoms with van der Waals surface area (Å²) in [5.74, 6) is 0. The standard InChI is InChI=1S/C12H16O2Se/c13-10-7-4-8-11(14)12(10)15-9-5-2-1-3-6-9/h1-3,5-6,10-14H,4,7-8H2/t10-,11+,12?. The molecule has 1 aromatic carbocycles. The zero-order valence-electron chi connectivity index (χ0n) is 8.54. The fourth-order valence-corrected chi connectivity index (χ4v) is 4.48. The van der Waals surface area contributed by atoms with Crippen molar-refractivity contribution in [2.45, 2.75) is 36.3 Å². The Bertz CT molecular complexity index is 292. The molecule has 3 heteroatoms. The normalized spacial score (nSPS) is 31.5. The summed E-state index contributed by atoms with van der Waals surface area (Å²) < 4.78 is 1.26. The van der Waals surface area contributed by atoms with E-state index in [2.05, 4.69) is 12.1 Å². The molecule has 0 bridgehead atoms. The first-order valence-corrected chi connectivity index (χ1v) is 7.20. The molecule has 1 aromatic rings. The Morgan fingerprint density at radius 2 is 1.60 bits per heavy atom. The number of benzene rings is 1. The Hall–Kier alpha value is -0.341. The van der Waals surface area contributed by atoms with E-state index < -0.39 is 0 Å². The van der Waals surface area contributed by atoms with Crippen LogP contribution in [0.1, 0.15) is 19.3 Å². The summed E-state index contributed by atoms with van der Waals surface area (Å²) in [6.45, 7) is 0. The first-order chi connectivity index (χ1) is 7.27. The van der Waals surface area contributed by atoms with E-state index in [1.54, 1.807) is 0 Å². The molecule has 3 atom stereocenters. The zero-order chi connectivity index (χ0) is 10.7. The summed E-state index contributed by atoms with van der Waals surface area (Å²) in [6, 6.07) is 10.2. The molecule has 82 valence electrons. The molecular formula is C12H16O2Se. The number of hydrogen-bond acceptors (Lipinski definition) is 2. The maximum absolute atomic E-state index is 9.86. The van der Waals surface area contributed by atoms with Gasteiger partial charge >= 0.3 is 96.3 Å². The molecular weight excluding hydrogens is 255 g/mol. The Labute approximate surface area is 96.5 Å². The molecule has 0 amide bonds. The van der Waals surface area contributed by atoms with Crippen LogP contribution in [-0.4, -0.2) is 37.4 Å². The van der Waals surface area contributed by atoms with Gasteiger partial charge in [0.15, 0.2) is 0 Å². The number of aliphatic hydroxyl groups is 2. The van der Waals surface area contributed by atoms with E-state index in [-0.39, 0.29) is 32.0 Å². The summed E-state index contributed by atoms with van der Waals surface area (Å²) in [4.78, 5) is 0.0775. The first-order valence-electron chi connectivity index (χ1n) is 5.35. The molecule has 1 aliphatic rings. The summed E-state index contributed by atoms with van der Waals surface area (Å²) in [7, 11) is 0. The van der Waals surface area contributed by atoms with Crippen LogP contribution in [0.4, 0.5) is 0 Å². The van der Waals surface area contributed by atoms with E-state index in [1.807, 2.05) is 18.2 Å². The van der Waals surface area contributed by atoms with Gasteiger partial charge in [-0.15, -0.1) is 0 Å². The van der Waals surface area contributed by atoms with Gasteiger partial charge in [-0.1, -0.05) is 0 Å². The van der Waals surface area contributed by atoms with Crippen LogP contribution >= 0.6 is 0 Å². The second-order valence-corrected chi connectivity index (χ2v) is 6.59. The van der Waals surface area contributed by atoms with Gasteiger partial charge in [0.05, 0.1) is 0 Å². The van der Waals surface area contributed by atoms with Gasteiger partial charge in [-0.25, -0.2) is 0 Å². The SMILES string of the molecule is O[C@@H]1CCC[C@H](O)C1[Se]c1ccccc1. The van der Waals surface area contributed by atoms with Gasteiger partial charge < -0.3 is 0 Å². The van der Waals surface area contributed by atoms with Gasteiger partial charge in [-0.3, -0.25) is 0 Å². The molecule has 1 saturated carbocycles. The Morgan fingerprint density at radius 1 is 1.00 bits per heavy atom. The minimum atomic E-state index is -0.311. The summed E-state index contributed by atoms with van der Waals surface area (Å²) in [6.07, 6.45) is 2.01. The Balaban J connectivity index is 2.03. The van der Waals surface area contributed by atoms with Gasteiger partial charge in [-0.2, -0.15) is 0 Å². The maximum atomic E-state index is 9.86. The van der Waals surface area contributed by atoms with Crippen LogP contribution in [0.15, 0.2) is 30.3 Å². The van der Waals surface area contributed by atoms with Gasteiger partial charge in [0, 0.05) is 0 Å². The predicted molar refractivity (Wildman–Crippen MR) is 61.4 cm³/mol. The third kappa shape index (κ3) is 2.82. The van der Waals surface area contributed by atoms with E-state index in [1.165, 1.54) is 4.46 Å². The van der Waals surface area contributed by atoms with E-state index >= 15 is 0 Å². The van der Waals surface area contributed by atoms with Crippen LogP contribution in [0.3, 0.4) is 0 Å². The average molecular weight is 271 g/mol. The second kappa shape index (κ2) is 5.13. The quantitative estimate of drug-likeness (QED) is 0.778. The zero-order valence-corrected chi connectivity index (χ0v) is 10.3. The van der Waals surface area contributed by atoms with Crippen LogP contribution in [0, 0.1) is 0 Å². The molecule has 0 heterocycles. The van der Waals surface area contributed by atoms with E-state index in [0.717, 1.165) is 19.3 Å². The molecule has 0 saturated heterocycles. The van der Waals surface area contributed by atoms with Crippen molar-refractivity contribution in [3.63, 3.8) is 0 Å². The molecule has 1 aliphatic carbocycles. The number of aliphatic hydroxyl groups excluding tert-OH is 2. The molecule has 0 spiro atoms. The fraction of sp³-hybridized carbons (Fsp3) is 0.500. The Kier molecular flexibility index (Phi) is 3.81. The number of hydrogen-bond donors (Lipinski definition) is 2. The van der Waals surface area contributed by atoms with Crippen LogP contribution in [0.2, 0.25) is 4.82 Å². The van der Waals surface area contributed by atoms with Crippen LogP contribution in [-0.2, 0) is 0 Å². The minimum absolute atomic E-state index is 0.0775. The molecule has 0 radical (unpaired) electrons. The monoisotopic (exact) mass is 272 g/mol. The third-order valence-electron chi connectivity index (χ3n) is 2.77. The van der Waals surface area contributed by atoms with Gasteiger partial charge in [-0.05, 0) is 0 Å². The van der Waals surface area contributed by atoms with Crippen molar-refractivity contribution in [3.05, 3.63) is 30.3 Å². The second-order valence-electron chi connectivity index (χ2n) is 3.96. The molecule has 0 aliphatic heterocycles.